The average molecular weight is 257 g/mol. The standard InChI is InChI=1S/C14H11NS2/c1-9-13(17-14(16)15-9)12-8-4-6-10-5-2-3-7-11(10)12/h2-8H,1H3,(H,15,16). The molecule has 1 nitrogen and oxygen atoms in total. The van der Waals surface area contributed by atoms with E-state index < -0.39 is 0 Å². The third-order valence-corrected chi connectivity index (χ3v) is 4.23. The highest BCUT2D eigenvalue weighted by Crippen LogP contribution is 2.33. The van der Waals surface area contributed by atoms with Crippen molar-refractivity contribution in [2.45, 2.75) is 6.92 Å². The molecular weight excluding hydrogens is 246 g/mol. The maximum Gasteiger partial charge on any atom is 0.159 e. The second kappa shape index (κ2) is 4.09. The van der Waals surface area contributed by atoms with Gasteiger partial charge in [0.05, 0.1) is 4.88 Å². The molecule has 1 aromatic heterocycles. The molecule has 3 aromatic rings. The third kappa shape index (κ3) is 1.81. The number of thiazole rings is 1. The number of nitrogens with one attached hydrogen (secondary N) is 1. The Bertz CT molecular complexity index is 732. The number of H-pyrrole nitrogens is 1. The molecule has 0 bridgehead atoms. The monoisotopic (exact) mass is 257 g/mol. The summed E-state index contributed by atoms with van der Waals surface area (Å²) in [5.41, 5.74) is 2.41. The van der Waals surface area contributed by atoms with Gasteiger partial charge in [0, 0.05) is 11.3 Å². The maximum absolute atomic E-state index is 5.21. The van der Waals surface area contributed by atoms with Crippen molar-refractivity contribution in [2.24, 2.45) is 0 Å². The van der Waals surface area contributed by atoms with E-state index in [2.05, 4.69) is 54.4 Å². The van der Waals surface area contributed by atoms with Crippen LogP contribution in [0.4, 0.5) is 0 Å². The summed E-state index contributed by atoms with van der Waals surface area (Å²) < 4.78 is 0.838. The highest BCUT2D eigenvalue weighted by molar-refractivity contribution is 7.73. The Kier molecular flexibility index (Phi) is 2.57. The van der Waals surface area contributed by atoms with E-state index in [9.17, 15) is 0 Å². The van der Waals surface area contributed by atoms with E-state index in [-0.39, 0.29) is 0 Å². The molecule has 17 heavy (non-hydrogen) atoms. The van der Waals surface area contributed by atoms with Gasteiger partial charge in [0.15, 0.2) is 3.95 Å². The van der Waals surface area contributed by atoms with Crippen LogP contribution in [-0.2, 0) is 0 Å². The highest BCUT2D eigenvalue weighted by atomic mass is 32.1. The van der Waals surface area contributed by atoms with Gasteiger partial charge in [0.2, 0.25) is 0 Å². The van der Waals surface area contributed by atoms with Gasteiger partial charge in [0.1, 0.15) is 0 Å². The predicted molar refractivity (Wildman–Crippen MR) is 77.2 cm³/mol. The summed E-state index contributed by atoms with van der Waals surface area (Å²) in [7, 11) is 0. The van der Waals surface area contributed by atoms with Crippen LogP contribution in [0.5, 0.6) is 0 Å². The van der Waals surface area contributed by atoms with Gasteiger partial charge in [-0.2, -0.15) is 0 Å². The topological polar surface area (TPSA) is 15.8 Å². The molecule has 3 rings (SSSR count). The van der Waals surface area contributed by atoms with Crippen LogP contribution in [0.1, 0.15) is 5.69 Å². The number of fused-ring (bicyclic) bond motifs is 1. The van der Waals surface area contributed by atoms with E-state index in [1.807, 2.05) is 0 Å². The molecule has 0 aliphatic heterocycles. The molecule has 1 N–H and O–H groups in total. The van der Waals surface area contributed by atoms with E-state index in [1.165, 1.54) is 21.2 Å². The largest absolute Gasteiger partial charge is 0.341 e. The lowest BCUT2D eigenvalue weighted by atomic mass is 10.0. The minimum atomic E-state index is 0.838. The summed E-state index contributed by atoms with van der Waals surface area (Å²) in [6.07, 6.45) is 0. The molecule has 1 heterocycles. The Morgan fingerprint density at radius 2 is 1.82 bits per heavy atom. The lowest BCUT2D eigenvalue weighted by Gasteiger charge is -2.04. The summed E-state index contributed by atoms with van der Waals surface area (Å²) in [5, 5.41) is 2.55. The van der Waals surface area contributed by atoms with Crippen LogP contribution in [0.2, 0.25) is 0 Å². The Labute approximate surface area is 109 Å². The minimum Gasteiger partial charge on any atom is -0.341 e. The number of aryl methyl sites for hydroxylation is 1. The van der Waals surface area contributed by atoms with E-state index in [0.717, 1.165) is 9.65 Å². The maximum atomic E-state index is 5.21. The fourth-order valence-electron chi connectivity index (χ4n) is 2.09. The quantitative estimate of drug-likeness (QED) is 0.611. The lowest BCUT2D eigenvalue weighted by Crippen LogP contribution is -1.80. The number of aromatic amines is 1. The summed E-state index contributed by atoms with van der Waals surface area (Å²) in [6, 6.07) is 14.8. The first-order valence-corrected chi connectivity index (χ1v) is 6.66. The first-order chi connectivity index (χ1) is 8.25. The fraction of sp³-hybridized carbons (Fsp3) is 0.0714. The molecule has 3 heteroatoms. The van der Waals surface area contributed by atoms with Crippen molar-refractivity contribution in [2.75, 3.05) is 0 Å². The van der Waals surface area contributed by atoms with Crippen LogP contribution in [0.3, 0.4) is 0 Å². The van der Waals surface area contributed by atoms with Crippen LogP contribution in [0, 0.1) is 10.9 Å². The van der Waals surface area contributed by atoms with Crippen LogP contribution in [0.15, 0.2) is 42.5 Å². The third-order valence-electron chi connectivity index (χ3n) is 2.86. The normalized spacial score (nSPS) is 10.9. The number of aromatic nitrogens is 1. The zero-order valence-electron chi connectivity index (χ0n) is 9.36. The molecular formula is C14H11NS2. The van der Waals surface area contributed by atoms with Gasteiger partial charge in [0.25, 0.3) is 0 Å². The molecule has 0 aliphatic rings. The molecule has 0 spiro atoms. The molecule has 0 atom stereocenters. The van der Waals surface area contributed by atoms with Crippen LogP contribution in [-0.4, -0.2) is 4.98 Å². The van der Waals surface area contributed by atoms with Crippen molar-refractivity contribution in [3.63, 3.8) is 0 Å². The van der Waals surface area contributed by atoms with Gasteiger partial charge in [-0.15, -0.1) is 11.3 Å². The molecule has 0 unspecified atom stereocenters. The number of rotatable bonds is 1. The summed E-state index contributed by atoms with van der Waals surface area (Å²) >= 11 is 6.85. The van der Waals surface area contributed by atoms with Crippen molar-refractivity contribution in [3.05, 3.63) is 52.1 Å². The number of hydrogen-bond donors (Lipinski definition) is 1. The van der Waals surface area contributed by atoms with Crippen molar-refractivity contribution < 1.29 is 0 Å². The van der Waals surface area contributed by atoms with Gasteiger partial charge in [-0.1, -0.05) is 42.5 Å². The average Bonchev–Trinajstić information content (AvgIpc) is 2.68. The number of benzene rings is 2. The van der Waals surface area contributed by atoms with Crippen LogP contribution < -0.4 is 0 Å². The molecule has 0 saturated carbocycles. The Morgan fingerprint density at radius 3 is 2.59 bits per heavy atom. The zero-order valence-corrected chi connectivity index (χ0v) is 11.0. The lowest BCUT2D eigenvalue weighted by molar-refractivity contribution is 1.25. The molecule has 0 aliphatic carbocycles. The fourth-order valence-corrected chi connectivity index (χ4v) is 3.37. The first kappa shape index (κ1) is 10.7. The van der Waals surface area contributed by atoms with Crippen molar-refractivity contribution in [3.8, 4) is 10.4 Å². The summed E-state index contributed by atoms with van der Waals surface area (Å²) in [5.74, 6) is 0. The van der Waals surface area contributed by atoms with E-state index >= 15 is 0 Å². The van der Waals surface area contributed by atoms with Crippen molar-refractivity contribution in [1.29, 1.82) is 0 Å². The number of hydrogen-bond acceptors (Lipinski definition) is 2. The van der Waals surface area contributed by atoms with Gasteiger partial charge in [-0.05, 0) is 29.9 Å². The van der Waals surface area contributed by atoms with Crippen molar-refractivity contribution >= 4 is 34.3 Å². The Balaban J connectivity index is 2.38. The van der Waals surface area contributed by atoms with Crippen LogP contribution >= 0.6 is 23.6 Å². The summed E-state index contributed by atoms with van der Waals surface area (Å²) in [6.45, 7) is 2.07. The second-order valence-corrected chi connectivity index (χ2v) is 5.68. The molecule has 2 aromatic carbocycles. The summed E-state index contributed by atoms with van der Waals surface area (Å²) in [4.78, 5) is 4.45. The predicted octanol–water partition coefficient (Wildman–Crippen LogP) is 4.93. The Morgan fingerprint density at radius 1 is 1.06 bits per heavy atom. The zero-order chi connectivity index (χ0) is 11.8. The first-order valence-electron chi connectivity index (χ1n) is 5.43. The van der Waals surface area contributed by atoms with E-state index in [4.69, 9.17) is 12.2 Å². The van der Waals surface area contributed by atoms with E-state index in [1.54, 1.807) is 11.3 Å². The van der Waals surface area contributed by atoms with Crippen molar-refractivity contribution in [1.82, 2.24) is 4.98 Å². The SMILES string of the molecule is Cc1[nH]c(=S)sc1-c1cccc2ccccc12. The van der Waals surface area contributed by atoms with Gasteiger partial charge in [-0.3, -0.25) is 0 Å². The molecule has 0 fully saturated rings. The van der Waals surface area contributed by atoms with E-state index in [0.29, 0.717) is 0 Å². The molecule has 84 valence electrons. The molecule has 0 amide bonds. The van der Waals surface area contributed by atoms with Gasteiger partial charge in [-0.25, -0.2) is 0 Å². The van der Waals surface area contributed by atoms with Gasteiger partial charge < -0.3 is 4.98 Å². The minimum absolute atomic E-state index is 0.838. The van der Waals surface area contributed by atoms with Crippen LogP contribution in [0.25, 0.3) is 21.2 Å². The van der Waals surface area contributed by atoms with Gasteiger partial charge >= 0.3 is 0 Å². The Hall–Kier alpha value is -1.45. The molecule has 0 saturated heterocycles. The second-order valence-electron chi connectivity index (χ2n) is 4.00. The highest BCUT2D eigenvalue weighted by Gasteiger charge is 2.08. The smallest absolute Gasteiger partial charge is 0.159 e. The molecule has 0 radical (unpaired) electrons.